The quantitative estimate of drug-likeness (QED) is 0.575. The number of methoxy groups -OCH3 is 2. The topological polar surface area (TPSA) is 54.2 Å². The maximum Gasteiger partial charge on any atom is 0.387 e. The summed E-state index contributed by atoms with van der Waals surface area (Å²) in [6.45, 7) is -1.70. The van der Waals surface area contributed by atoms with E-state index in [2.05, 4.69) is 9.31 Å². The molecule has 1 N–H and O–H groups in total. The van der Waals surface area contributed by atoms with E-state index in [9.17, 15) is 13.9 Å². The van der Waals surface area contributed by atoms with Crippen LogP contribution in [0.1, 0.15) is 31.2 Å². The van der Waals surface area contributed by atoms with Crippen molar-refractivity contribution in [2.45, 2.75) is 38.0 Å². The zero-order valence-corrected chi connectivity index (χ0v) is 19.8. The molecule has 1 atom stereocenters. The Morgan fingerprint density at radius 3 is 2.38 bits per heavy atom. The Morgan fingerprint density at radius 1 is 1.00 bits per heavy atom. The first-order valence-electron chi connectivity index (χ1n) is 10.4. The molecule has 2 heterocycles. The summed E-state index contributed by atoms with van der Waals surface area (Å²) in [6, 6.07) is 11.6. The van der Waals surface area contributed by atoms with Crippen LogP contribution in [0.3, 0.4) is 0 Å². The molecule has 2 aliphatic heterocycles. The summed E-state index contributed by atoms with van der Waals surface area (Å²) in [5.41, 5.74) is -0.133. The molecule has 0 saturated heterocycles. The third kappa shape index (κ3) is 4.54. The van der Waals surface area contributed by atoms with Crippen LogP contribution in [0.2, 0.25) is 0 Å². The second kappa shape index (κ2) is 10.0. The molecule has 0 radical (unpaired) electrons. The lowest BCUT2D eigenvalue weighted by molar-refractivity contribution is -0.534. The second-order valence-corrected chi connectivity index (χ2v) is 7.74. The van der Waals surface area contributed by atoms with Crippen LogP contribution in [0, 0.1) is 0 Å². The Labute approximate surface area is 196 Å². The van der Waals surface area contributed by atoms with Crippen LogP contribution in [0.5, 0.6) is 17.2 Å². The van der Waals surface area contributed by atoms with E-state index in [1.54, 1.807) is 26.4 Å². The molecule has 174 valence electrons. The summed E-state index contributed by atoms with van der Waals surface area (Å²) in [7, 11) is 3.18. The van der Waals surface area contributed by atoms with Crippen molar-refractivity contribution in [3.8, 4) is 17.2 Å². The maximum atomic E-state index is 12.6. The molecular formula is C23H28BrF2N2O4+. The number of nitrogens with zero attached hydrogens (tertiary/aromatic N) is 2. The van der Waals surface area contributed by atoms with E-state index in [0.29, 0.717) is 29.3 Å². The Bertz CT molecular complexity index is 971. The molecule has 6 nitrogen and oxygen atoms in total. The van der Waals surface area contributed by atoms with Gasteiger partial charge in [0, 0.05) is 18.1 Å². The van der Waals surface area contributed by atoms with Gasteiger partial charge < -0.3 is 19.3 Å². The van der Waals surface area contributed by atoms with Crippen molar-refractivity contribution in [3.05, 3.63) is 48.0 Å². The number of hydrogen-bond donors (Lipinski definition) is 1. The number of rotatable bonds is 6. The highest BCUT2D eigenvalue weighted by Gasteiger charge is 2.55. The van der Waals surface area contributed by atoms with Crippen molar-refractivity contribution >= 4 is 28.5 Å². The van der Waals surface area contributed by atoms with E-state index < -0.39 is 12.3 Å². The maximum absolute atomic E-state index is 12.6. The second-order valence-electron chi connectivity index (χ2n) is 7.74. The van der Waals surface area contributed by atoms with Crippen molar-refractivity contribution in [1.29, 1.82) is 0 Å². The van der Waals surface area contributed by atoms with Crippen LogP contribution in [0.15, 0.2) is 42.5 Å². The van der Waals surface area contributed by atoms with E-state index in [1.165, 1.54) is 12.1 Å². The summed E-state index contributed by atoms with van der Waals surface area (Å²) < 4.78 is 42.8. The van der Waals surface area contributed by atoms with Crippen molar-refractivity contribution in [2.75, 3.05) is 32.2 Å². The van der Waals surface area contributed by atoms with Gasteiger partial charge in [0.05, 0.1) is 20.8 Å². The number of ether oxygens (including phenoxy) is 3. The number of hydrogen-bond acceptors (Lipinski definition) is 5. The number of amidine groups is 1. The van der Waals surface area contributed by atoms with Crippen molar-refractivity contribution < 1.29 is 32.7 Å². The average Bonchev–Trinajstić information content (AvgIpc) is 2.88. The lowest BCUT2D eigenvalue weighted by Crippen LogP contribution is -2.47. The summed E-state index contributed by atoms with van der Waals surface area (Å²) in [5, 5.41) is 12.0. The van der Waals surface area contributed by atoms with Gasteiger partial charge in [0.1, 0.15) is 11.5 Å². The summed E-state index contributed by atoms with van der Waals surface area (Å²) in [4.78, 5) is 1.91. The molecule has 0 bridgehead atoms. The van der Waals surface area contributed by atoms with Gasteiger partial charge in [-0.25, -0.2) is 0 Å². The summed E-state index contributed by atoms with van der Waals surface area (Å²) >= 11 is 0. The van der Waals surface area contributed by atoms with Crippen molar-refractivity contribution in [3.63, 3.8) is 0 Å². The molecule has 1 unspecified atom stereocenters. The molecule has 0 fully saturated rings. The molecule has 0 aliphatic carbocycles. The van der Waals surface area contributed by atoms with Crippen molar-refractivity contribution in [2.24, 2.45) is 0 Å². The lowest BCUT2D eigenvalue weighted by Gasteiger charge is -2.30. The molecule has 0 spiro atoms. The Hall–Kier alpha value is -2.39. The highest BCUT2D eigenvalue weighted by molar-refractivity contribution is 8.93. The zero-order chi connectivity index (χ0) is 22.0. The van der Waals surface area contributed by atoms with Crippen LogP contribution >= 0.6 is 17.0 Å². The molecule has 4 rings (SSSR count). The minimum Gasteiger partial charge on any atom is -0.497 e. The summed E-state index contributed by atoms with van der Waals surface area (Å²) in [5.74, 6) is 2.31. The highest BCUT2D eigenvalue weighted by Crippen LogP contribution is 2.43. The van der Waals surface area contributed by atoms with Crippen LogP contribution in [0.25, 0.3) is 0 Å². The molecule has 2 aliphatic rings. The number of benzene rings is 2. The monoisotopic (exact) mass is 513 g/mol. The predicted molar refractivity (Wildman–Crippen MR) is 123 cm³/mol. The summed E-state index contributed by atoms with van der Waals surface area (Å²) in [6.07, 6.45) is 4.01. The van der Waals surface area contributed by atoms with Gasteiger partial charge in [-0.1, -0.05) is 0 Å². The van der Waals surface area contributed by atoms with Crippen LogP contribution < -0.4 is 19.1 Å². The smallest absolute Gasteiger partial charge is 0.387 e. The molecule has 0 amide bonds. The largest absolute Gasteiger partial charge is 0.497 e. The molecule has 2 aromatic carbocycles. The predicted octanol–water partition coefficient (Wildman–Crippen LogP) is 4.53. The van der Waals surface area contributed by atoms with E-state index >= 15 is 0 Å². The average molecular weight is 514 g/mol. The fourth-order valence-corrected chi connectivity index (χ4v) is 4.46. The Morgan fingerprint density at radius 2 is 1.72 bits per heavy atom. The van der Waals surface area contributed by atoms with Gasteiger partial charge in [0.2, 0.25) is 0 Å². The van der Waals surface area contributed by atoms with E-state index in [-0.39, 0.29) is 22.7 Å². The van der Waals surface area contributed by atoms with Crippen LogP contribution in [-0.2, 0) is 5.72 Å². The normalized spacial score (nSPS) is 20.5. The van der Waals surface area contributed by atoms with Gasteiger partial charge in [0.15, 0.2) is 18.0 Å². The molecule has 0 aromatic heterocycles. The van der Waals surface area contributed by atoms with E-state index in [4.69, 9.17) is 9.47 Å². The molecule has 0 saturated carbocycles. The third-order valence-electron chi connectivity index (χ3n) is 5.90. The van der Waals surface area contributed by atoms with E-state index in [0.717, 1.165) is 38.1 Å². The Balaban J connectivity index is 0.00000289. The SMILES string of the molecule is Br.COc1ccc(OC)c(N2C3=[N+](CCCCC3)CC2(O)c2ccc(OC(F)F)cc2)c1. The third-order valence-corrected chi connectivity index (χ3v) is 5.90. The highest BCUT2D eigenvalue weighted by atomic mass is 79.9. The van der Waals surface area contributed by atoms with Crippen LogP contribution in [0.4, 0.5) is 14.5 Å². The zero-order valence-electron chi connectivity index (χ0n) is 18.1. The number of alkyl halides is 2. The number of anilines is 1. The standard InChI is InChI=1S/C23H27F2N2O4.BrH/c1-29-18-11-12-20(30-2)19(14-18)27-21-6-4-3-5-13-26(21)15-23(27,28)16-7-9-17(10-8-16)31-22(24)25;/h7-12,14,22,28H,3-6,13,15H2,1-2H3;1H/q+1;. The first kappa shape index (κ1) is 24.3. The minimum atomic E-state index is -2.90. The number of aliphatic hydroxyl groups is 1. The fraction of sp³-hybridized carbons (Fsp3) is 0.435. The first-order valence-corrected chi connectivity index (χ1v) is 10.4. The molecule has 32 heavy (non-hydrogen) atoms. The van der Waals surface area contributed by atoms with E-state index in [1.807, 2.05) is 23.1 Å². The fourth-order valence-electron chi connectivity index (χ4n) is 4.46. The molecule has 9 heteroatoms. The van der Waals surface area contributed by atoms with Crippen molar-refractivity contribution in [1.82, 2.24) is 0 Å². The first-order chi connectivity index (χ1) is 15.0. The number of halogens is 3. The molecular weight excluding hydrogens is 486 g/mol. The van der Waals surface area contributed by atoms with Crippen LogP contribution in [-0.4, -0.2) is 49.4 Å². The minimum absolute atomic E-state index is 0. The molecule has 2 aromatic rings. The lowest BCUT2D eigenvalue weighted by atomic mass is 9.99. The van der Waals surface area contributed by atoms with Gasteiger partial charge in [-0.15, -0.1) is 17.0 Å². The van der Waals surface area contributed by atoms with Gasteiger partial charge in [-0.3, -0.25) is 4.58 Å². The van der Waals surface area contributed by atoms with Gasteiger partial charge in [-0.2, -0.15) is 13.7 Å². The van der Waals surface area contributed by atoms with Gasteiger partial charge in [0.25, 0.3) is 11.6 Å². The van der Waals surface area contributed by atoms with Gasteiger partial charge >= 0.3 is 6.61 Å². The Kier molecular flexibility index (Phi) is 7.61. The van der Waals surface area contributed by atoms with Gasteiger partial charge in [-0.05, 0) is 55.7 Å².